The molecule has 3 rings (SSSR count). The minimum absolute atomic E-state index is 0.234. The lowest BCUT2D eigenvalue weighted by atomic mass is 9.96. The van der Waals surface area contributed by atoms with E-state index >= 15 is 0 Å². The molecule has 3 heterocycles. The van der Waals surface area contributed by atoms with Gasteiger partial charge in [-0.2, -0.15) is 0 Å². The highest BCUT2D eigenvalue weighted by atomic mass is 16.8. The highest BCUT2D eigenvalue weighted by Gasteiger charge is 2.53. The van der Waals surface area contributed by atoms with E-state index in [-0.39, 0.29) is 18.9 Å². The summed E-state index contributed by atoms with van der Waals surface area (Å²) in [7, 11) is 0. The number of allylic oxidation sites excluding steroid dienone is 3. The molecule has 0 saturated carbocycles. The second kappa shape index (κ2) is 37.1. The largest absolute Gasteiger partial charge is 0.394 e. The molecule has 0 aromatic carbocycles. The van der Waals surface area contributed by atoms with Crippen molar-refractivity contribution in [2.24, 2.45) is 0 Å². The van der Waals surface area contributed by atoms with Gasteiger partial charge in [0.15, 0.2) is 18.9 Å². The quantitative estimate of drug-likeness (QED) is 0.0313. The number of aliphatic hydroxyl groups excluding tert-OH is 11. The Balaban J connectivity index is 1.56. The number of unbranched alkanes of at least 4 members (excludes halogenated alkanes) is 20. The molecule has 12 N–H and O–H groups in total. The Hall–Kier alpha value is -1.73. The van der Waals surface area contributed by atoms with Crippen LogP contribution in [-0.4, -0.2) is 193 Å². The summed E-state index contributed by atoms with van der Waals surface area (Å²) in [6.07, 6.45) is 7.44. The lowest BCUT2D eigenvalue weighted by Crippen LogP contribution is -2.66. The van der Waals surface area contributed by atoms with E-state index in [0.29, 0.717) is 6.42 Å². The van der Waals surface area contributed by atoms with Gasteiger partial charge in [-0.1, -0.05) is 141 Å². The Morgan fingerprint density at radius 2 is 0.887 bits per heavy atom. The van der Waals surface area contributed by atoms with E-state index < -0.39 is 124 Å². The van der Waals surface area contributed by atoms with Gasteiger partial charge < -0.3 is 89.9 Å². The maximum atomic E-state index is 13.2. The van der Waals surface area contributed by atoms with Crippen LogP contribution in [0.1, 0.15) is 168 Å². The molecule has 1 amide bonds. The van der Waals surface area contributed by atoms with E-state index in [9.17, 15) is 61.0 Å². The molecule has 0 spiro atoms. The first-order valence-electron chi connectivity index (χ1n) is 27.1. The molecule has 0 bridgehead atoms. The molecule has 3 saturated heterocycles. The molecule has 3 aliphatic rings. The molecular formula is C52H95NO18. The number of aliphatic hydroxyl groups is 11. The normalized spacial score (nSPS) is 32.4. The molecule has 17 atom stereocenters. The van der Waals surface area contributed by atoms with Crippen LogP contribution in [0.2, 0.25) is 0 Å². The number of ether oxygens (including phenoxy) is 6. The van der Waals surface area contributed by atoms with E-state index in [1.807, 2.05) is 6.08 Å². The Morgan fingerprint density at radius 3 is 1.38 bits per heavy atom. The summed E-state index contributed by atoms with van der Waals surface area (Å²) in [6, 6.07) is -0.972. The van der Waals surface area contributed by atoms with Crippen LogP contribution < -0.4 is 5.32 Å². The van der Waals surface area contributed by atoms with Crippen molar-refractivity contribution in [2.75, 3.05) is 26.4 Å². The van der Waals surface area contributed by atoms with Crippen LogP contribution in [0.5, 0.6) is 0 Å². The topological polar surface area (TPSA) is 307 Å². The van der Waals surface area contributed by atoms with Gasteiger partial charge in [-0.15, -0.1) is 0 Å². The van der Waals surface area contributed by atoms with Crippen molar-refractivity contribution in [2.45, 2.75) is 272 Å². The maximum absolute atomic E-state index is 13.2. The van der Waals surface area contributed by atoms with Gasteiger partial charge in [-0.05, 0) is 44.9 Å². The summed E-state index contributed by atoms with van der Waals surface area (Å²) in [5.74, 6) is -0.287. The average Bonchev–Trinajstić information content (AvgIpc) is 3.36. The summed E-state index contributed by atoms with van der Waals surface area (Å²) in [4.78, 5) is 13.2. The zero-order chi connectivity index (χ0) is 52.0. The van der Waals surface area contributed by atoms with Crippen molar-refractivity contribution in [1.82, 2.24) is 5.32 Å². The van der Waals surface area contributed by atoms with E-state index in [4.69, 9.17) is 28.4 Å². The second-order valence-electron chi connectivity index (χ2n) is 19.7. The van der Waals surface area contributed by atoms with Crippen molar-refractivity contribution in [1.29, 1.82) is 0 Å². The van der Waals surface area contributed by atoms with Crippen molar-refractivity contribution in [3.05, 3.63) is 24.3 Å². The summed E-state index contributed by atoms with van der Waals surface area (Å²) in [6.45, 7) is 1.66. The zero-order valence-electron chi connectivity index (χ0n) is 42.7. The van der Waals surface area contributed by atoms with Gasteiger partial charge in [0, 0.05) is 6.42 Å². The Bertz CT molecular complexity index is 1410. The number of hydrogen-bond donors (Lipinski definition) is 12. The number of amides is 1. The number of nitrogens with one attached hydrogen (secondary N) is 1. The molecule has 0 aromatic rings. The van der Waals surface area contributed by atoms with Gasteiger partial charge in [0.2, 0.25) is 5.91 Å². The molecule has 0 radical (unpaired) electrons. The first kappa shape index (κ1) is 63.6. The van der Waals surface area contributed by atoms with Gasteiger partial charge in [-0.25, -0.2) is 0 Å². The van der Waals surface area contributed by atoms with Crippen molar-refractivity contribution in [3.8, 4) is 0 Å². The fourth-order valence-corrected chi connectivity index (χ4v) is 9.18. The Labute approximate surface area is 422 Å². The van der Waals surface area contributed by atoms with Crippen LogP contribution in [-0.2, 0) is 33.2 Å². The van der Waals surface area contributed by atoms with E-state index in [1.54, 1.807) is 6.08 Å². The summed E-state index contributed by atoms with van der Waals surface area (Å²) < 4.78 is 34.1. The minimum Gasteiger partial charge on any atom is -0.394 e. The number of carbonyl (C=O) groups excluding carboxylic acids is 1. The number of hydrogen-bond acceptors (Lipinski definition) is 18. The fraction of sp³-hybridized carbons (Fsp3) is 0.904. The lowest BCUT2D eigenvalue weighted by Gasteiger charge is -2.48. The molecule has 0 aromatic heterocycles. The molecule has 17 unspecified atom stereocenters. The van der Waals surface area contributed by atoms with Gasteiger partial charge >= 0.3 is 0 Å². The average molecular weight is 1020 g/mol. The zero-order valence-corrected chi connectivity index (χ0v) is 42.7. The van der Waals surface area contributed by atoms with Crippen molar-refractivity contribution in [3.63, 3.8) is 0 Å². The number of carbonyl (C=O) groups is 1. The SMILES string of the molecule is CCCCCC/C=C\CCCCCCCC(=O)NC(COC1OC(CO)C(OC2OC(CO)C(OC3OC(CO)C(O)C(O)C3O)C(O)C2O)C(O)C1O)C(O)/C=C/CCCCCCCCCCCCC. The summed E-state index contributed by atoms with van der Waals surface area (Å²) in [5, 5.41) is 120. The molecule has 19 heteroatoms. The van der Waals surface area contributed by atoms with Crippen LogP contribution in [0.4, 0.5) is 0 Å². The molecule has 3 fully saturated rings. The molecule has 19 nitrogen and oxygen atoms in total. The van der Waals surface area contributed by atoms with Gasteiger partial charge in [0.05, 0.1) is 38.6 Å². The standard InChI is InChI=1S/C52H95NO18/c1-3-5-7-9-11-13-15-17-19-21-23-25-27-29-36(57)35(53-40(58)30-28-26-24-22-20-18-16-14-12-10-8-6-4-2)34-66-50-46(64)43(61)48(38(32-55)68-50)71-52-47(65)44(62)49(39(33-56)69-52)70-51-45(63)42(60)41(59)37(31-54)67-51/h14,16,27,29,35-39,41-52,54-57,59-65H,3-13,15,17-26,28,30-34H2,1-2H3,(H,53,58)/b16-14-,29-27+. The molecule has 3 aliphatic heterocycles. The van der Waals surface area contributed by atoms with Gasteiger partial charge in [0.1, 0.15) is 73.2 Å². The summed E-state index contributed by atoms with van der Waals surface area (Å²) in [5.41, 5.74) is 0. The lowest BCUT2D eigenvalue weighted by molar-refractivity contribution is -0.379. The third-order valence-corrected chi connectivity index (χ3v) is 13.7. The minimum atomic E-state index is -1.98. The van der Waals surface area contributed by atoms with Crippen LogP contribution >= 0.6 is 0 Å². The van der Waals surface area contributed by atoms with Crippen LogP contribution in [0.25, 0.3) is 0 Å². The second-order valence-corrected chi connectivity index (χ2v) is 19.7. The van der Waals surface area contributed by atoms with E-state index in [2.05, 4.69) is 31.3 Å². The number of rotatable bonds is 38. The molecule has 416 valence electrons. The summed E-state index contributed by atoms with van der Waals surface area (Å²) >= 11 is 0. The maximum Gasteiger partial charge on any atom is 0.220 e. The third kappa shape index (κ3) is 22.6. The van der Waals surface area contributed by atoms with Crippen LogP contribution in [0.15, 0.2) is 24.3 Å². The van der Waals surface area contributed by atoms with Crippen LogP contribution in [0.3, 0.4) is 0 Å². The predicted octanol–water partition coefficient (Wildman–Crippen LogP) is 2.81. The highest BCUT2D eigenvalue weighted by Crippen LogP contribution is 2.33. The predicted molar refractivity (Wildman–Crippen MR) is 263 cm³/mol. The first-order chi connectivity index (χ1) is 34.3. The molecule has 0 aliphatic carbocycles. The Morgan fingerprint density at radius 1 is 0.493 bits per heavy atom. The molecular weight excluding hydrogens is 927 g/mol. The molecule has 71 heavy (non-hydrogen) atoms. The first-order valence-corrected chi connectivity index (χ1v) is 27.1. The van der Waals surface area contributed by atoms with E-state index in [0.717, 1.165) is 64.2 Å². The van der Waals surface area contributed by atoms with E-state index in [1.165, 1.54) is 77.0 Å². The van der Waals surface area contributed by atoms with Gasteiger partial charge in [0.25, 0.3) is 0 Å². The van der Waals surface area contributed by atoms with Gasteiger partial charge in [-0.3, -0.25) is 4.79 Å². The van der Waals surface area contributed by atoms with Crippen molar-refractivity contribution >= 4 is 5.91 Å². The third-order valence-electron chi connectivity index (χ3n) is 13.7. The monoisotopic (exact) mass is 1020 g/mol. The van der Waals surface area contributed by atoms with Crippen molar-refractivity contribution < 1.29 is 89.4 Å². The fourth-order valence-electron chi connectivity index (χ4n) is 9.18. The smallest absolute Gasteiger partial charge is 0.220 e. The highest BCUT2D eigenvalue weighted by molar-refractivity contribution is 5.76. The Kier molecular flexibility index (Phi) is 33.2. The van der Waals surface area contributed by atoms with Crippen LogP contribution in [0, 0.1) is 0 Å².